The maximum atomic E-state index is 12.9. The number of halogens is 1. The zero-order valence-electron chi connectivity index (χ0n) is 14.6. The molecule has 1 amide bonds. The van der Waals surface area contributed by atoms with Gasteiger partial charge in [-0.2, -0.15) is 0 Å². The van der Waals surface area contributed by atoms with Crippen LogP contribution in [0.3, 0.4) is 0 Å². The smallest absolute Gasteiger partial charge is 0.270 e. The van der Waals surface area contributed by atoms with Crippen LogP contribution in [0, 0.1) is 10.1 Å². The normalized spacial score (nSPS) is 14.2. The van der Waals surface area contributed by atoms with Crippen molar-refractivity contribution in [2.45, 2.75) is 0 Å². The lowest BCUT2D eigenvalue weighted by molar-refractivity contribution is -0.384. The van der Waals surface area contributed by atoms with Crippen molar-refractivity contribution >= 4 is 55.6 Å². The minimum atomic E-state index is -0.514. The van der Waals surface area contributed by atoms with E-state index in [1.807, 2.05) is 4.90 Å². The molecule has 1 saturated heterocycles. The van der Waals surface area contributed by atoms with Crippen LogP contribution in [0.4, 0.5) is 16.5 Å². The molecular weight excluding hydrogens is 404 g/mol. The van der Waals surface area contributed by atoms with Crippen LogP contribution in [0.2, 0.25) is 5.02 Å². The monoisotopic (exact) mass is 418 g/mol. The quantitative estimate of drug-likeness (QED) is 0.509. The number of anilines is 2. The van der Waals surface area contributed by atoms with Crippen molar-refractivity contribution in [2.75, 3.05) is 36.5 Å². The fourth-order valence-electron chi connectivity index (χ4n) is 3.02. The Labute approximate surface area is 168 Å². The topological polar surface area (TPSA) is 97.6 Å². The molecule has 1 fully saturated rings. The van der Waals surface area contributed by atoms with E-state index in [4.69, 9.17) is 16.3 Å². The number of hydrogen-bond acceptors (Lipinski definition) is 7. The third kappa shape index (κ3) is 3.77. The van der Waals surface area contributed by atoms with Crippen LogP contribution in [0.5, 0.6) is 0 Å². The number of carbonyl (C=O) groups is 1. The number of thiazole rings is 1. The van der Waals surface area contributed by atoms with Gasteiger partial charge in [-0.25, -0.2) is 4.98 Å². The van der Waals surface area contributed by atoms with E-state index in [0.717, 1.165) is 10.2 Å². The summed E-state index contributed by atoms with van der Waals surface area (Å²) in [5.41, 5.74) is 1.44. The second kappa shape index (κ2) is 7.70. The van der Waals surface area contributed by atoms with Gasteiger partial charge in [0.15, 0.2) is 5.13 Å². The molecule has 0 spiro atoms. The standard InChI is InChI=1S/C18H15ClN4O4S/c19-11-1-3-14-16(9-11)28-18(20-14)21-17(24)13-10-12(23(25)26)2-4-15(13)22-5-7-27-8-6-22/h1-4,9-10H,5-8H2,(H,20,21,24). The van der Waals surface area contributed by atoms with Crippen molar-refractivity contribution in [3.05, 3.63) is 57.1 Å². The first-order chi connectivity index (χ1) is 13.5. The number of nitrogens with one attached hydrogen (secondary N) is 1. The van der Waals surface area contributed by atoms with Gasteiger partial charge in [0.25, 0.3) is 11.6 Å². The summed E-state index contributed by atoms with van der Waals surface area (Å²) in [6.07, 6.45) is 0. The van der Waals surface area contributed by atoms with Crippen molar-refractivity contribution in [1.82, 2.24) is 4.98 Å². The molecular formula is C18H15ClN4O4S. The molecule has 28 heavy (non-hydrogen) atoms. The minimum absolute atomic E-state index is 0.141. The molecule has 0 bridgehead atoms. The number of nitro benzene ring substituents is 1. The van der Waals surface area contributed by atoms with Gasteiger partial charge in [-0.05, 0) is 24.3 Å². The SMILES string of the molecule is O=C(Nc1nc2ccc(Cl)cc2s1)c1cc([N+](=O)[O-])ccc1N1CCOCC1. The number of fused-ring (bicyclic) bond motifs is 1. The highest BCUT2D eigenvalue weighted by molar-refractivity contribution is 7.22. The van der Waals surface area contributed by atoms with Crippen molar-refractivity contribution in [3.63, 3.8) is 0 Å². The maximum Gasteiger partial charge on any atom is 0.270 e. The molecule has 0 atom stereocenters. The van der Waals surface area contributed by atoms with Gasteiger partial charge in [-0.1, -0.05) is 22.9 Å². The molecule has 1 aromatic heterocycles. The molecule has 10 heteroatoms. The summed E-state index contributed by atoms with van der Waals surface area (Å²) in [5, 5.41) is 14.9. The average molecular weight is 419 g/mol. The van der Waals surface area contributed by atoms with Crippen LogP contribution in [0.1, 0.15) is 10.4 Å². The lowest BCUT2D eigenvalue weighted by atomic mass is 10.1. The van der Waals surface area contributed by atoms with Gasteiger partial charge in [0.2, 0.25) is 0 Å². The molecule has 144 valence electrons. The van der Waals surface area contributed by atoms with Gasteiger partial charge < -0.3 is 9.64 Å². The number of nitrogens with zero attached hydrogens (tertiary/aromatic N) is 3. The molecule has 3 aromatic rings. The highest BCUT2D eigenvalue weighted by Gasteiger charge is 2.23. The highest BCUT2D eigenvalue weighted by Crippen LogP contribution is 2.31. The first-order valence-electron chi connectivity index (χ1n) is 8.50. The van der Waals surface area contributed by atoms with Gasteiger partial charge >= 0.3 is 0 Å². The predicted molar refractivity (Wildman–Crippen MR) is 109 cm³/mol. The molecule has 0 radical (unpaired) electrons. The summed E-state index contributed by atoms with van der Waals surface area (Å²) in [6, 6.07) is 9.58. The molecule has 0 aliphatic carbocycles. The van der Waals surface area contributed by atoms with Gasteiger partial charge in [-0.15, -0.1) is 0 Å². The Morgan fingerprint density at radius 3 is 2.79 bits per heavy atom. The zero-order chi connectivity index (χ0) is 19.7. The first kappa shape index (κ1) is 18.6. The number of nitro groups is 1. The molecule has 2 heterocycles. The number of ether oxygens (including phenoxy) is 1. The van der Waals surface area contributed by atoms with E-state index < -0.39 is 10.8 Å². The maximum absolute atomic E-state index is 12.9. The summed E-state index contributed by atoms with van der Waals surface area (Å²) in [7, 11) is 0. The lowest BCUT2D eigenvalue weighted by Crippen LogP contribution is -2.37. The molecule has 1 aliphatic heterocycles. The molecule has 1 aliphatic rings. The van der Waals surface area contributed by atoms with Gasteiger partial charge in [0.1, 0.15) is 0 Å². The Balaban J connectivity index is 1.67. The third-order valence-corrected chi connectivity index (χ3v) is 5.53. The van der Waals surface area contributed by atoms with Crippen LogP contribution in [0.15, 0.2) is 36.4 Å². The highest BCUT2D eigenvalue weighted by atomic mass is 35.5. The van der Waals surface area contributed by atoms with Crippen molar-refractivity contribution in [3.8, 4) is 0 Å². The van der Waals surface area contributed by atoms with E-state index in [9.17, 15) is 14.9 Å². The van der Waals surface area contributed by atoms with E-state index in [1.54, 1.807) is 24.3 Å². The second-order valence-electron chi connectivity index (χ2n) is 6.14. The van der Waals surface area contributed by atoms with Crippen molar-refractivity contribution in [2.24, 2.45) is 0 Å². The summed E-state index contributed by atoms with van der Waals surface area (Å²) in [4.78, 5) is 30.0. The molecule has 4 rings (SSSR count). The molecule has 0 unspecified atom stereocenters. The Morgan fingerprint density at radius 2 is 2.04 bits per heavy atom. The average Bonchev–Trinajstić information content (AvgIpc) is 3.09. The molecule has 8 nitrogen and oxygen atoms in total. The number of carbonyl (C=O) groups excluding carboxylic acids is 1. The van der Waals surface area contributed by atoms with E-state index in [0.29, 0.717) is 42.1 Å². The van der Waals surface area contributed by atoms with E-state index in [-0.39, 0.29) is 11.3 Å². The third-order valence-electron chi connectivity index (χ3n) is 4.36. The van der Waals surface area contributed by atoms with Gasteiger partial charge in [-0.3, -0.25) is 20.2 Å². The lowest BCUT2D eigenvalue weighted by Gasteiger charge is -2.30. The summed E-state index contributed by atoms with van der Waals surface area (Å²) in [5.74, 6) is -0.449. The molecule has 0 saturated carbocycles. The largest absolute Gasteiger partial charge is 0.378 e. The number of benzene rings is 2. The second-order valence-corrected chi connectivity index (χ2v) is 7.61. The summed E-state index contributed by atoms with van der Waals surface area (Å²) >= 11 is 7.29. The van der Waals surface area contributed by atoms with Crippen LogP contribution in [-0.2, 0) is 4.74 Å². The van der Waals surface area contributed by atoms with Crippen LogP contribution >= 0.6 is 22.9 Å². The Kier molecular flexibility index (Phi) is 5.12. The molecule has 1 N–H and O–H groups in total. The minimum Gasteiger partial charge on any atom is -0.378 e. The fourth-order valence-corrected chi connectivity index (χ4v) is 4.15. The van der Waals surface area contributed by atoms with Crippen molar-refractivity contribution in [1.29, 1.82) is 0 Å². The fraction of sp³-hybridized carbons (Fsp3) is 0.222. The Hall–Kier alpha value is -2.75. The molecule has 2 aromatic carbocycles. The van der Waals surface area contributed by atoms with Gasteiger partial charge in [0, 0.05) is 30.2 Å². The van der Waals surface area contributed by atoms with E-state index in [1.165, 1.54) is 23.5 Å². The van der Waals surface area contributed by atoms with Crippen LogP contribution < -0.4 is 10.2 Å². The summed E-state index contributed by atoms with van der Waals surface area (Å²) in [6.45, 7) is 2.29. The van der Waals surface area contributed by atoms with Crippen LogP contribution in [0.25, 0.3) is 10.2 Å². The number of hydrogen-bond donors (Lipinski definition) is 1. The predicted octanol–water partition coefficient (Wildman–Crippen LogP) is 3.95. The van der Waals surface area contributed by atoms with E-state index in [2.05, 4.69) is 10.3 Å². The number of rotatable bonds is 4. The first-order valence-corrected chi connectivity index (χ1v) is 9.69. The summed E-state index contributed by atoms with van der Waals surface area (Å²) < 4.78 is 6.20. The number of amides is 1. The number of aromatic nitrogens is 1. The number of morpholine rings is 1. The Bertz CT molecular complexity index is 1060. The number of non-ortho nitro benzene ring substituents is 1. The van der Waals surface area contributed by atoms with Crippen molar-refractivity contribution < 1.29 is 14.5 Å². The van der Waals surface area contributed by atoms with Crippen LogP contribution in [-0.4, -0.2) is 42.1 Å². The zero-order valence-corrected chi connectivity index (χ0v) is 16.1. The van der Waals surface area contributed by atoms with Gasteiger partial charge in [0.05, 0.1) is 39.6 Å². The van der Waals surface area contributed by atoms with E-state index >= 15 is 0 Å². The Morgan fingerprint density at radius 1 is 1.25 bits per heavy atom.